The Morgan fingerprint density at radius 1 is 1.04 bits per heavy atom. The minimum Gasteiger partial charge on any atom is -0.379 e. The summed E-state index contributed by atoms with van der Waals surface area (Å²) < 4.78 is 5.34. The molecule has 1 aromatic rings. The van der Waals surface area contributed by atoms with Crippen molar-refractivity contribution < 1.29 is 14.3 Å². The predicted octanol–water partition coefficient (Wildman–Crippen LogP) is 2.16. The Morgan fingerprint density at radius 3 is 2.46 bits per heavy atom. The number of piperidine rings is 1. The van der Waals surface area contributed by atoms with Crippen LogP contribution in [0.25, 0.3) is 0 Å². The molecule has 0 saturated carbocycles. The van der Waals surface area contributed by atoms with Crippen molar-refractivity contribution in [3.8, 4) is 0 Å². The first kappa shape index (κ1) is 20.6. The number of urea groups is 1. The molecule has 3 amide bonds. The molecule has 0 atom stereocenters. The van der Waals surface area contributed by atoms with Crippen molar-refractivity contribution in [1.82, 2.24) is 15.1 Å². The lowest BCUT2D eigenvalue weighted by Crippen LogP contribution is -2.42. The first-order valence-corrected chi connectivity index (χ1v) is 10.4. The van der Waals surface area contributed by atoms with E-state index in [1.807, 2.05) is 35.2 Å². The van der Waals surface area contributed by atoms with Gasteiger partial charge >= 0.3 is 6.03 Å². The van der Waals surface area contributed by atoms with E-state index >= 15 is 0 Å². The smallest absolute Gasteiger partial charge is 0.321 e. The van der Waals surface area contributed by atoms with Gasteiger partial charge in [0.2, 0.25) is 5.91 Å². The second-order valence-corrected chi connectivity index (χ2v) is 7.59. The Bertz CT molecular complexity index is 611. The third-order valence-corrected chi connectivity index (χ3v) is 5.48. The molecule has 2 aliphatic heterocycles. The predicted molar refractivity (Wildman–Crippen MR) is 109 cm³/mol. The van der Waals surface area contributed by atoms with Crippen molar-refractivity contribution in [3.05, 3.63) is 30.3 Å². The van der Waals surface area contributed by atoms with Crippen LogP contribution >= 0.6 is 0 Å². The average Bonchev–Trinajstić information content (AvgIpc) is 2.73. The third kappa shape index (κ3) is 6.80. The highest BCUT2D eigenvalue weighted by Crippen LogP contribution is 2.21. The zero-order chi connectivity index (χ0) is 19.6. The largest absolute Gasteiger partial charge is 0.379 e. The van der Waals surface area contributed by atoms with E-state index in [1.165, 1.54) is 0 Å². The second kappa shape index (κ2) is 11.0. The van der Waals surface area contributed by atoms with Crippen LogP contribution in [-0.2, 0) is 9.53 Å². The van der Waals surface area contributed by atoms with Crippen molar-refractivity contribution in [3.63, 3.8) is 0 Å². The van der Waals surface area contributed by atoms with E-state index in [0.29, 0.717) is 25.4 Å². The lowest BCUT2D eigenvalue weighted by atomic mass is 9.93. The molecule has 3 rings (SSSR count). The molecule has 2 aliphatic rings. The van der Waals surface area contributed by atoms with Gasteiger partial charge in [-0.15, -0.1) is 0 Å². The maximum absolute atomic E-state index is 12.3. The van der Waals surface area contributed by atoms with Gasteiger partial charge in [0.05, 0.1) is 13.2 Å². The zero-order valence-electron chi connectivity index (χ0n) is 16.6. The molecule has 2 heterocycles. The number of hydrogen-bond donors (Lipinski definition) is 2. The van der Waals surface area contributed by atoms with E-state index < -0.39 is 0 Å². The monoisotopic (exact) mass is 388 g/mol. The number of anilines is 1. The Morgan fingerprint density at radius 2 is 1.75 bits per heavy atom. The van der Waals surface area contributed by atoms with Crippen LogP contribution in [-0.4, -0.2) is 74.2 Å². The Hall–Kier alpha value is -2.12. The Kier molecular flexibility index (Phi) is 8.11. The fraction of sp³-hybridized carbons (Fsp3) is 0.619. The van der Waals surface area contributed by atoms with Crippen molar-refractivity contribution in [2.45, 2.75) is 25.7 Å². The van der Waals surface area contributed by atoms with Crippen LogP contribution in [0, 0.1) is 5.92 Å². The number of carbonyl (C=O) groups is 2. The van der Waals surface area contributed by atoms with Crippen LogP contribution < -0.4 is 10.6 Å². The molecule has 0 aliphatic carbocycles. The van der Waals surface area contributed by atoms with Gasteiger partial charge in [-0.25, -0.2) is 4.79 Å². The molecule has 0 unspecified atom stereocenters. The highest BCUT2D eigenvalue weighted by atomic mass is 16.5. The Balaban J connectivity index is 1.27. The molecule has 2 fully saturated rings. The van der Waals surface area contributed by atoms with Gasteiger partial charge in [-0.2, -0.15) is 0 Å². The first-order chi connectivity index (χ1) is 13.7. The van der Waals surface area contributed by atoms with Crippen LogP contribution in [0.4, 0.5) is 10.5 Å². The summed E-state index contributed by atoms with van der Waals surface area (Å²) in [4.78, 5) is 28.7. The van der Waals surface area contributed by atoms with Gasteiger partial charge < -0.3 is 20.3 Å². The molecule has 0 bridgehead atoms. The van der Waals surface area contributed by atoms with Crippen LogP contribution in [0.1, 0.15) is 25.7 Å². The van der Waals surface area contributed by atoms with E-state index in [4.69, 9.17) is 4.74 Å². The fourth-order valence-electron chi connectivity index (χ4n) is 3.75. The summed E-state index contributed by atoms with van der Waals surface area (Å²) in [6.45, 7) is 6.76. The zero-order valence-corrected chi connectivity index (χ0v) is 16.6. The summed E-state index contributed by atoms with van der Waals surface area (Å²) >= 11 is 0. The number of morpholine rings is 1. The minimum atomic E-state index is -0.0581. The van der Waals surface area contributed by atoms with Gasteiger partial charge in [0.15, 0.2) is 0 Å². The molecular formula is C21H32N4O3. The van der Waals surface area contributed by atoms with E-state index in [1.54, 1.807) is 0 Å². The number of ether oxygens (including phenoxy) is 1. The number of rotatable bonds is 7. The van der Waals surface area contributed by atoms with Crippen LogP contribution in [0.2, 0.25) is 0 Å². The topological polar surface area (TPSA) is 73.9 Å². The highest BCUT2D eigenvalue weighted by molar-refractivity contribution is 5.89. The fourth-order valence-corrected chi connectivity index (χ4v) is 3.75. The van der Waals surface area contributed by atoms with Crippen molar-refractivity contribution in [1.29, 1.82) is 0 Å². The van der Waals surface area contributed by atoms with Crippen molar-refractivity contribution in [2.24, 2.45) is 5.92 Å². The molecule has 0 aromatic heterocycles. The number of hydrogen-bond acceptors (Lipinski definition) is 4. The minimum absolute atomic E-state index is 0.0581. The van der Waals surface area contributed by atoms with Crippen molar-refractivity contribution in [2.75, 3.05) is 57.8 Å². The highest BCUT2D eigenvalue weighted by Gasteiger charge is 2.24. The summed E-state index contributed by atoms with van der Waals surface area (Å²) in [7, 11) is 0. The molecule has 0 radical (unpaired) electrons. The molecular weight excluding hydrogens is 356 g/mol. The molecule has 28 heavy (non-hydrogen) atoms. The number of amides is 3. The maximum Gasteiger partial charge on any atom is 0.321 e. The van der Waals surface area contributed by atoms with E-state index in [-0.39, 0.29) is 11.9 Å². The third-order valence-electron chi connectivity index (χ3n) is 5.48. The first-order valence-electron chi connectivity index (χ1n) is 10.4. The van der Waals surface area contributed by atoms with E-state index in [2.05, 4.69) is 15.5 Å². The van der Waals surface area contributed by atoms with Gasteiger partial charge in [-0.05, 0) is 43.9 Å². The van der Waals surface area contributed by atoms with E-state index in [0.717, 1.165) is 64.3 Å². The van der Waals surface area contributed by atoms with Crippen molar-refractivity contribution >= 4 is 17.6 Å². The molecule has 7 heteroatoms. The van der Waals surface area contributed by atoms with Crippen LogP contribution in [0.15, 0.2) is 30.3 Å². The molecule has 2 saturated heterocycles. The lowest BCUT2D eigenvalue weighted by molar-refractivity contribution is -0.122. The lowest BCUT2D eigenvalue weighted by Gasteiger charge is -2.31. The quantitative estimate of drug-likeness (QED) is 0.702. The van der Waals surface area contributed by atoms with Gasteiger partial charge in [0.1, 0.15) is 0 Å². The molecule has 7 nitrogen and oxygen atoms in total. The molecule has 1 aromatic carbocycles. The SMILES string of the molecule is O=C(CC1CCN(C(=O)Nc2ccccc2)CC1)NCCCN1CCOCC1. The van der Waals surface area contributed by atoms with E-state index in [9.17, 15) is 9.59 Å². The van der Waals surface area contributed by atoms with Gasteiger partial charge in [0.25, 0.3) is 0 Å². The number of nitrogens with one attached hydrogen (secondary N) is 2. The average molecular weight is 389 g/mol. The number of benzene rings is 1. The molecule has 154 valence electrons. The maximum atomic E-state index is 12.3. The standard InChI is InChI=1S/C21H32N4O3/c26-20(22-9-4-10-24-13-15-28-16-14-24)17-18-7-11-25(12-8-18)21(27)23-19-5-2-1-3-6-19/h1-3,5-6,18H,4,7-17H2,(H,22,26)(H,23,27). The Labute approximate surface area is 167 Å². The number of likely N-dealkylation sites (tertiary alicyclic amines) is 1. The number of carbonyl (C=O) groups excluding carboxylic acids is 2. The normalized spacial score (nSPS) is 18.6. The van der Waals surface area contributed by atoms with Gasteiger partial charge in [0, 0.05) is 44.8 Å². The summed E-state index contributed by atoms with van der Waals surface area (Å²) in [6.07, 6.45) is 3.29. The molecule has 0 spiro atoms. The second-order valence-electron chi connectivity index (χ2n) is 7.59. The summed E-state index contributed by atoms with van der Waals surface area (Å²) in [5.74, 6) is 0.495. The summed E-state index contributed by atoms with van der Waals surface area (Å²) in [6, 6.07) is 9.44. The summed E-state index contributed by atoms with van der Waals surface area (Å²) in [5.41, 5.74) is 0.811. The summed E-state index contributed by atoms with van der Waals surface area (Å²) in [5, 5.41) is 5.97. The van der Waals surface area contributed by atoms with Crippen LogP contribution in [0.5, 0.6) is 0 Å². The van der Waals surface area contributed by atoms with Gasteiger partial charge in [-0.3, -0.25) is 9.69 Å². The number of para-hydroxylation sites is 1. The molecule has 2 N–H and O–H groups in total. The van der Waals surface area contributed by atoms with Crippen LogP contribution in [0.3, 0.4) is 0 Å². The number of nitrogens with zero attached hydrogens (tertiary/aromatic N) is 2. The van der Waals surface area contributed by atoms with Gasteiger partial charge in [-0.1, -0.05) is 18.2 Å².